The molecule has 1 N–H and O–H groups in total. The number of rotatable bonds is 3. The summed E-state index contributed by atoms with van der Waals surface area (Å²) in [4.78, 5) is 11.9. The second kappa shape index (κ2) is 7.19. The molecule has 0 saturated heterocycles. The Hall–Kier alpha value is -1.19. The Morgan fingerprint density at radius 2 is 1.62 bits per heavy atom. The van der Waals surface area contributed by atoms with E-state index < -0.39 is 0 Å². The molecule has 0 radical (unpaired) electrons. The topological polar surface area (TPSA) is 29.1 Å². The summed E-state index contributed by atoms with van der Waals surface area (Å²) in [7, 11) is 0. The molecular formula is C15H9Cl4NO. The minimum atomic E-state index is -0.352. The Bertz CT molecular complexity index is 693. The summed E-state index contributed by atoms with van der Waals surface area (Å²) in [6, 6.07) is 9.93. The fourth-order valence-electron chi connectivity index (χ4n) is 1.59. The minimum absolute atomic E-state index is 0.352. The first-order valence-corrected chi connectivity index (χ1v) is 7.36. The molecule has 0 spiro atoms. The van der Waals surface area contributed by atoms with Crippen LogP contribution in [0.4, 0.5) is 5.69 Å². The van der Waals surface area contributed by atoms with Gasteiger partial charge in [0, 0.05) is 26.7 Å². The molecule has 0 saturated carbocycles. The zero-order valence-electron chi connectivity index (χ0n) is 10.5. The Kier molecular flexibility index (Phi) is 5.54. The van der Waals surface area contributed by atoms with Crippen molar-refractivity contribution in [1.82, 2.24) is 0 Å². The monoisotopic (exact) mass is 359 g/mol. The van der Waals surface area contributed by atoms with Gasteiger partial charge in [0.2, 0.25) is 5.91 Å². The van der Waals surface area contributed by atoms with Crippen molar-refractivity contribution < 1.29 is 4.79 Å². The van der Waals surface area contributed by atoms with E-state index in [2.05, 4.69) is 5.32 Å². The molecule has 2 rings (SSSR count). The SMILES string of the molecule is O=C(/C=C\c1c(Cl)cccc1Cl)Nc1ccc(Cl)cc1Cl. The van der Waals surface area contributed by atoms with E-state index in [4.69, 9.17) is 46.4 Å². The lowest BCUT2D eigenvalue weighted by Crippen LogP contribution is -2.08. The van der Waals surface area contributed by atoms with Gasteiger partial charge in [-0.05, 0) is 36.4 Å². The molecule has 2 aromatic carbocycles. The molecule has 21 heavy (non-hydrogen) atoms. The third-order valence-corrected chi connectivity index (χ3v) is 3.80. The molecule has 0 aliphatic rings. The summed E-state index contributed by atoms with van der Waals surface area (Å²) in [6.45, 7) is 0. The highest BCUT2D eigenvalue weighted by Crippen LogP contribution is 2.27. The molecule has 0 aliphatic heterocycles. The number of hydrogen-bond acceptors (Lipinski definition) is 1. The highest BCUT2D eigenvalue weighted by molar-refractivity contribution is 6.37. The lowest BCUT2D eigenvalue weighted by Gasteiger charge is -2.05. The van der Waals surface area contributed by atoms with Crippen molar-refractivity contribution in [2.45, 2.75) is 0 Å². The van der Waals surface area contributed by atoms with Crippen molar-refractivity contribution in [3.8, 4) is 0 Å². The molecule has 2 nitrogen and oxygen atoms in total. The number of carbonyl (C=O) groups is 1. The summed E-state index contributed by atoms with van der Waals surface area (Å²) >= 11 is 23.8. The molecule has 0 atom stereocenters. The Morgan fingerprint density at radius 3 is 2.24 bits per heavy atom. The lowest BCUT2D eigenvalue weighted by atomic mass is 10.2. The molecule has 0 bridgehead atoms. The van der Waals surface area contributed by atoms with Crippen molar-refractivity contribution in [3.63, 3.8) is 0 Å². The molecule has 0 heterocycles. The van der Waals surface area contributed by atoms with E-state index in [1.807, 2.05) is 0 Å². The van der Waals surface area contributed by atoms with Gasteiger partial charge in [-0.15, -0.1) is 0 Å². The Labute approximate surface area is 142 Å². The average molecular weight is 361 g/mol. The smallest absolute Gasteiger partial charge is 0.248 e. The van der Waals surface area contributed by atoms with Crippen molar-refractivity contribution >= 4 is 64.1 Å². The second-order valence-electron chi connectivity index (χ2n) is 4.08. The van der Waals surface area contributed by atoms with Gasteiger partial charge in [-0.25, -0.2) is 0 Å². The van der Waals surface area contributed by atoms with E-state index in [0.717, 1.165) is 0 Å². The van der Waals surface area contributed by atoms with Crippen molar-refractivity contribution in [2.75, 3.05) is 5.32 Å². The molecule has 0 fully saturated rings. The molecular weight excluding hydrogens is 352 g/mol. The quantitative estimate of drug-likeness (QED) is 0.673. The molecule has 1 amide bonds. The zero-order chi connectivity index (χ0) is 15.4. The van der Waals surface area contributed by atoms with Crippen LogP contribution < -0.4 is 5.32 Å². The maximum absolute atomic E-state index is 11.9. The maximum atomic E-state index is 11.9. The van der Waals surface area contributed by atoms with Gasteiger partial charge in [-0.1, -0.05) is 52.5 Å². The summed E-state index contributed by atoms with van der Waals surface area (Å²) in [5.41, 5.74) is 1.05. The number of nitrogens with one attached hydrogen (secondary N) is 1. The van der Waals surface area contributed by atoms with Crippen molar-refractivity contribution in [3.05, 3.63) is 68.1 Å². The molecule has 2 aromatic rings. The molecule has 108 valence electrons. The third-order valence-electron chi connectivity index (χ3n) is 2.59. The van der Waals surface area contributed by atoms with Gasteiger partial charge in [0.1, 0.15) is 0 Å². The summed E-state index contributed by atoms with van der Waals surface area (Å²) in [5.74, 6) is -0.352. The van der Waals surface area contributed by atoms with Crippen LogP contribution in [0, 0.1) is 0 Å². The first-order valence-electron chi connectivity index (χ1n) is 5.85. The number of anilines is 1. The van der Waals surface area contributed by atoms with Crippen molar-refractivity contribution in [2.24, 2.45) is 0 Å². The predicted octanol–water partition coefficient (Wildman–Crippen LogP) is 5.95. The highest BCUT2D eigenvalue weighted by atomic mass is 35.5. The number of carbonyl (C=O) groups excluding carboxylic acids is 1. The van der Waals surface area contributed by atoms with E-state index in [1.165, 1.54) is 6.08 Å². The average Bonchev–Trinajstić information content (AvgIpc) is 2.41. The van der Waals surface area contributed by atoms with Gasteiger partial charge in [0.05, 0.1) is 10.7 Å². The van der Waals surface area contributed by atoms with E-state index in [-0.39, 0.29) is 5.91 Å². The Balaban J connectivity index is 2.13. The van der Waals surface area contributed by atoms with Crippen LogP contribution in [-0.4, -0.2) is 5.91 Å². The molecule has 6 heteroatoms. The van der Waals surface area contributed by atoms with Crippen LogP contribution in [-0.2, 0) is 4.79 Å². The van der Waals surface area contributed by atoms with Gasteiger partial charge in [-0.3, -0.25) is 4.79 Å². The van der Waals surface area contributed by atoms with Crippen molar-refractivity contribution in [1.29, 1.82) is 0 Å². The molecule has 0 aromatic heterocycles. The van der Waals surface area contributed by atoms with Gasteiger partial charge < -0.3 is 5.32 Å². The van der Waals surface area contributed by atoms with E-state index in [9.17, 15) is 4.79 Å². The first-order chi connectivity index (χ1) is 9.97. The van der Waals surface area contributed by atoms with Gasteiger partial charge in [-0.2, -0.15) is 0 Å². The number of amides is 1. The van der Waals surface area contributed by atoms with Crippen LogP contribution >= 0.6 is 46.4 Å². The highest BCUT2D eigenvalue weighted by Gasteiger charge is 2.05. The fourth-order valence-corrected chi connectivity index (χ4v) is 2.57. The van der Waals surface area contributed by atoms with E-state index in [1.54, 1.807) is 42.5 Å². The van der Waals surface area contributed by atoms with Crippen LogP contribution in [0.1, 0.15) is 5.56 Å². The summed E-state index contributed by atoms with van der Waals surface area (Å²) in [5, 5.41) is 4.44. The van der Waals surface area contributed by atoms with Gasteiger partial charge in [0.25, 0.3) is 0 Å². The minimum Gasteiger partial charge on any atom is -0.321 e. The largest absolute Gasteiger partial charge is 0.321 e. The maximum Gasteiger partial charge on any atom is 0.248 e. The second-order valence-corrected chi connectivity index (χ2v) is 5.74. The zero-order valence-corrected chi connectivity index (χ0v) is 13.6. The van der Waals surface area contributed by atoms with Crippen LogP contribution in [0.3, 0.4) is 0 Å². The van der Waals surface area contributed by atoms with Crippen LogP contribution in [0.15, 0.2) is 42.5 Å². The summed E-state index contributed by atoms with van der Waals surface area (Å²) < 4.78 is 0. The number of hydrogen-bond donors (Lipinski definition) is 1. The standard InChI is InChI=1S/C15H9Cl4NO/c16-9-4-6-14(13(19)8-9)20-15(21)7-5-10-11(17)2-1-3-12(10)18/h1-8H,(H,20,21)/b7-5-. The Morgan fingerprint density at radius 1 is 0.952 bits per heavy atom. The molecule has 0 aliphatic carbocycles. The lowest BCUT2D eigenvalue weighted by molar-refractivity contribution is -0.111. The van der Waals surface area contributed by atoms with Gasteiger partial charge >= 0.3 is 0 Å². The van der Waals surface area contributed by atoms with Gasteiger partial charge in [0.15, 0.2) is 0 Å². The number of benzene rings is 2. The van der Waals surface area contributed by atoms with Crippen LogP contribution in [0.2, 0.25) is 20.1 Å². The number of halogens is 4. The van der Waals surface area contributed by atoms with E-state index >= 15 is 0 Å². The first kappa shape index (κ1) is 16.2. The normalized spacial score (nSPS) is 10.9. The fraction of sp³-hybridized carbons (Fsp3) is 0. The predicted molar refractivity (Wildman–Crippen MR) is 90.6 cm³/mol. The summed E-state index contributed by atoms with van der Waals surface area (Å²) in [6.07, 6.45) is 2.88. The van der Waals surface area contributed by atoms with Crippen LogP contribution in [0.5, 0.6) is 0 Å². The third kappa shape index (κ3) is 4.39. The molecule has 0 unspecified atom stereocenters. The van der Waals surface area contributed by atoms with Crippen LogP contribution in [0.25, 0.3) is 6.08 Å². The van der Waals surface area contributed by atoms with E-state index in [0.29, 0.717) is 31.3 Å².